The molecule has 0 bridgehead atoms. The summed E-state index contributed by atoms with van der Waals surface area (Å²) in [4.78, 5) is 39.3. The molecule has 2 aromatic carbocycles. The number of aryl methyl sites for hydroxylation is 3. The highest BCUT2D eigenvalue weighted by Crippen LogP contribution is 2.29. The van der Waals surface area contributed by atoms with Crippen LogP contribution in [0, 0.1) is 20.8 Å². The van der Waals surface area contributed by atoms with Crippen molar-refractivity contribution < 1.29 is 14.4 Å². The van der Waals surface area contributed by atoms with Crippen LogP contribution < -0.4 is 10.6 Å². The lowest BCUT2D eigenvalue weighted by Crippen LogP contribution is -2.42. The quantitative estimate of drug-likeness (QED) is 0.607. The van der Waals surface area contributed by atoms with Gasteiger partial charge in [-0.15, -0.1) is 0 Å². The number of carbonyl (C=O) groups excluding carboxylic acids is 3. The third-order valence-electron chi connectivity index (χ3n) is 5.58. The fraction of sp³-hybridized carbons (Fsp3) is 0.250. The summed E-state index contributed by atoms with van der Waals surface area (Å²) in [6.07, 6.45) is 0. The van der Waals surface area contributed by atoms with Gasteiger partial charge in [-0.1, -0.05) is 47.5 Å². The van der Waals surface area contributed by atoms with Crippen molar-refractivity contribution >= 4 is 23.7 Å². The largest absolute Gasteiger partial charge is 0.325 e. The first kappa shape index (κ1) is 21.3. The second kappa shape index (κ2) is 7.96. The average Bonchev–Trinajstić information content (AvgIpc) is 3.21. The van der Waals surface area contributed by atoms with Crippen molar-refractivity contribution in [2.45, 2.75) is 33.2 Å². The average molecular weight is 431 g/mol. The number of benzene rings is 2. The molecule has 1 unspecified atom stereocenters. The molecule has 4 amide bonds. The molecule has 4 rings (SSSR count). The van der Waals surface area contributed by atoms with Crippen LogP contribution in [0.1, 0.15) is 29.3 Å². The second-order valence-corrected chi connectivity index (χ2v) is 8.28. The number of nitrogens with one attached hydrogen (secondary N) is 2. The van der Waals surface area contributed by atoms with E-state index in [0.29, 0.717) is 11.4 Å². The molecule has 2 N–H and O–H groups in total. The molecular formula is C24H25N5O3. The van der Waals surface area contributed by atoms with Gasteiger partial charge in [0.1, 0.15) is 17.9 Å². The molecule has 1 aliphatic heterocycles. The van der Waals surface area contributed by atoms with E-state index < -0.39 is 29.9 Å². The number of hydrogen-bond donors (Lipinski definition) is 2. The Morgan fingerprint density at radius 2 is 1.59 bits per heavy atom. The number of carbonyl (C=O) groups is 3. The van der Waals surface area contributed by atoms with E-state index in [1.807, 2.05) is 57.2 Å². The van der Waals surface area contributed by atoms with Crippen LogP contribution in [0.2, 0.25) is 0 Å². The zero-order chi connectivity index (χ0) is 23.0. The van der Waals surface area contributed by atoms with Crippen molar-refractivity contribution in [1.82, 2.24) is 20.0 Å². The van der Waals surface area contributed by atoms with Crippen molar-refractivity contribution in [3.63, 3.8) is 0 Å². The zero-order valence-electron chi connectivity index (χ0n) is 18.5. The summed E-state index contributed by atoms with van der Waals surface area (Å²) in [5.41, 5.74) is 3.12. The molecule has 0 radical (unpaired) electrons. The van der Waals surface area contributed by atoms with Gasteiger partial charge in [0.25, 0.3) is 5.91 Å². The predicted molar refractivity (Wildman–Crippen MR) is 120 cm³/mol. The van der Waals surface area contributed by atoms with Gasteiger partial charge in [0.05, 0.1) is 11.4 Å². The van der Waals surface area contributed by atoms with Gasteiger partial charge >= 0.3 is 6.03 Å². The fourth-order valence-corrected chi connectivity index (χ4v) is 3.72. The standard InChI is InChI=1S/C24H25N5O3/c1-15-5-9-18(10-6-15)24(4)22(31)28(23(32)26-24)14-21(30)25-20-13-17(3)27-29(20)19-11-7-16(2)8-12-19/h5-13H,14H2,1-4H3,(H,25,30)(H,26,32). The van der Waals surface area contributed by atoms with E-state index in [1.165, 1.54) is 0 Å². The number of imide groups is 1. The Labute approximate surface area is 186 Å². The first-order chi connectivity index (χ1) is 15.2. The van der Waals surface area contributed by atoms with Crippen LogP contribution >= 0.6 is 0 Å². The van der Waals surface area contributed by atoms with Crippen LogP contribution in [0.3, 0.4) is 0 Å². The Morgan fingerprint density at radius 1 is 1.00 bits per heavy atom. The summed E-state index contributed by atoms with van der Waals surface area (Å²) in [7, 11) is 0. The van der Waals surface area contributed by atoms with E-state index in [1.54, 1.807) is 29.8 Å². The summed E-state index contributed by atoms with van der Waals surface area (Å²) in [5, 5.41) is 9.93. The number of amides is 4. The number of aromatic nitrogens is 2. The topological polar surface area (TPSA) is 96.3 Å². The molecule has 1 atom stereocenters. The molecule has 1 fully saturated rings. The van der Waals surface area contributed by atoms with Crippen molar-refractivity contribution in [3.8, 4) is 5.69 Å². The molecule has 8 heteroatoms. The molecule has 1 saturated heterocycles. The van der Waals surface area contributed by atoms with Gasteiger partial charge in [0.2, 0.25) is 5.91 Å². The van der Waals surface area contributed by atoms with Crippen LogP contribution in [0.25, 0.3) is 5.69 Å². The number of hydrogen-bond acceptors (Lipinski definition) is 4. The van der Waals surface area contributed by atoms with E-state index in [2.05, 4.69) is 15.7 Å². The number of anilines is 1. The molecule has 1 aliphatic rings. The Kier molecular flexibility index (Phi) is 5.30. The summed E-state index contributed by atoms with van der Waals surface area (Å²) in [6, 6.07) is 16.2. The molecule has 0 saturated carbocycles. The second-order valence-electron chi connectivity index (χ2n) is 8.28. The van der Waals surface area contributed by atoms with Gasteiger partial charge < -0.3 is 10.6 Å². The number of nitrogens with zero attached hydrogens (tertiary/aromatic N) is 3. The zero-order valence-corrected chi connectivity index (χ0v) is 18.5. The van der Waals surface area contributed by atoms with Crippen LogP contribution in [-0.2, 0) is 15.1 Å². The minimum atomic E-state index is -1.22. The first-order valence-electron chi connectivity index (χ1n) is 10.3. The Bertz CT molecular complexity index is 1200. The SMILES string of the molecule is Cc1ccc(-n2nc(C)cc2NC(=O)CN2C(=O)NC(C)(c3ccc(C)cc3)C2=O)cc1. The molecule has 8 nitrogen and oxygen atoms in total. The number of rotatable bonds is 5. The lowest BCUT2D eigenvalue weighted by atomic mass is 9.91. The minimum Gasteiger partial charge on any atom is -0.319 e. The van der Waals surface area contributed by atoms with Gasteiger partial charge in [0, 0.05) is 6.07 Å². The summed E-state index contributed by atoms with van der Waals surface area (Å²) >= 11 is 0. The van der Waals surface area contributed by atoms with Crippen molar-refractivity contribution in [2.75, 3.05) is 11.9 Å². The van der Waals surface area contributed by atoms with Crippen LogP contribution in [-0.4, -0.2) is 39.1 Å². The minimum absolute atomic E-state index is 0.399. The highest BCUT2D eigenvalue weighted by molar-refractivity contribution is 6.10. The highest BCUT2D eigenvalue weighted by Gasteiger charge is 2.49. The maximum Gasteiger partial charge on any atom is 0.325 e. The van der Waals surface area contributed by atoms with Crippen LogP contribution in [0.15, 0.2) is 54.6 Å². The van der Waals surface area contributed by atoms with Crippen molar-refractivity contribution in [2.24, 2.45) is 0 Å². The van der Waals surface area contributed by atoms with Gasteiger partial charge in [-0.2, -0.15) is 5.10 Å². The van der Waals surface area contributed by atoms with Gasteiger partial charge in [0.15, 0.2) is 0 Å². The third-order valence-corrected chi connectivity index (χ3v) is 5.58. The van der Waals surface area contributed by atoms with E-state index in [0.717, 1.165) is 27.4 Å². The predicted octanol–water partition coefficient (Wildman–Crippen LogP) is 3.20. The first-order valence-corrected chi connectivity index (χ1v) is 10.3. The van der Waals surface area contributed by atoms with Gasteiger partial charge in [-0.05, 0) is 45.4 Å². The Morgan fingerprint density at radius 3 is 2.22 bits per heavy atom. The third kappa shape index (κ3) is 3.87. The molecule has 2 heterocycles. The monoisotopic (exact) mass is 431 g/mol. The lowest BCUT2D eigenvalue weighted by molar-refractivity contribution is -0.133. The lowest BCUT2D eigenvalue weighted by Gasteiger charge is -2.22. The maximum absolute atomic E-state index is 13.1. The van der Waals surface area contributed by atoms with Crippen molar-refractivity contribution in [3.05, 3.63) is 77.0 Å². The molecule has 3 aromatic rings. The van der Waals surface area contributed by atoms with E-state index >= 15 is 0 Å². The maximum atomic E-state index is 13.1. The van der Waals surface area contributed by atoms with Crippen LogP contribution in [0.4, 0.5) is 10.6 Å². The summed E-state index contributed by atoms with van der Waals surface area (Å²) in [6.45, 7) is 7.00. The summed E-state index contributed by atoms with van der Waals surface area (Å²) < 4.78 is 1.62. The molecule has 164 valence electrons. The molecule has 32 heavy (non-hydrogen) atoms. The molecular weight excluding hydrogens is 406 g/mol. The van der Waals surface area contributed by atoms with E-state index in [4.69, 9.17) is 0 Å². The highest BCUT2D eigenvalue weighted by atomic mass is 16.2. The fourth-order valence-electron chi connectivity index (χ4n) is 3.72. The smallest absolute Gasteiger partial charge is 0.319 e. The molecule has 1 aromatic heterocycles. The van der Waals surface area contributed by atoms with Gasteiger partial charge in [-0.3, -0.25) is 14.5 Å². The Balaban J connectivity index is 1.51. The summed E-state index contributed by atoms with van der Waals surface area (Å²) in [5.74, 6) is -0.496. The van der Waals surface area contributed by atoms with Gasteiger partial charge in [-0.25, -0.2) is 9.48 Å². The van der Waals surface area contributed by atoms with Crippen molar-refractivity contribution in [1.29, 1.82) is 0 Å². The molecule has 0 spiro atoms. The number of urea groups is 1. The van der Waals surface area contributed by atoms with Crippen LogP contribution in [0.5, 0.6) is 0 Å². The normalized spacial score (nSPS) is 18.1. The molecule has 0 aliphatic carbocycles. The van der Waals surface area contributed by atoms with E-state index in [9.17, 15) is 14.4 Å². The Hall–Kier alpha value is -3.94. The van der Waals surface area contributed by atoms with E-state index in [-0.39, 0.29) is 0 Å².